The van der Waals surface area contributed by atoms with E-state index in [1.807, 2.05) is 0 Å². The molecule has 0 spiro atoms. The van der Waals surface area contributed by atoms with Crippen LogP contribution in [0.3, 0.4) is 0 Å². The highest BCUT2D eigenvalue weighted by Crippen LogP contribution is 2.22. The molecule has 8 nitrogen and oxygen atoms in total. The van der Waals surface area contributed by atoms with E-state index in [2.05, 4.69) is 4.74 Å². The van der Waals surface area contributed by atoms with E-state index in [0.717, 1.165) is 22.5 Å². The monoisotopic (exact) mass is 437 g/mol. The van der Waals surface area contributed by atoms with Gasteiger partial charge in [-0.25, -0.2) is 22.4 Å². The minimum absolute atomic E-state index is 0.0885. The summed E-state index contributed by atoms with van der Waals surface area (Å²) in [6.07, 6.45) is 0. The molecule has 0 aromatic heterocycles. The van der Waals surface area contributed by atoms with E-state index < -0.39 is 32.7 Å². The van der Waals surface area contributed by atoms with Gasteiger partial charge in [-0.2, -0.15) is 4.31 Å². The molecule has 0 radical (unpaired) electrons. The van der Waals surface area contributed by atoms with Gasteiger partial charge in [0.1, 0.15) is 17.3 Å². The van der Waals surface area contributed by atoms with Gasteiger partial charge in [-0.15, -0.1) is 0 Å². The molecule has 1 aliphatic rings. The minimum atomic E-state index is -4.10. The summed E-state index contributed by atoms with van der Waals surface area (Å²) in [5.74, 6) is -2.24. The second-order valence-electron chi connectivity index (χ2n) is 6.43. The lowest BCUT2D eigenvalue weighted by Gasteiger charge is -2.26. The molecule has 160 valence electrons. The van der Waals surface area contributed by atoms with Crippen molar-refractivity contribution in [1.82, 2.24) is 4.31 Å². The van der Waals surface area contributed by atoms with Crippen molar-refractivity contribution >= 4 is 22.0 Å². The molecule has 1 aliphatic heterocycles. The molecule has 0 saturated carbocycles. The number of sulfonamides is 1. The molecule has 1 heterocycles. The van der Waals surface area contributed by atoms with E-state index in [0.29, 0.717) is 11.1 Å². The van der Waals surface area contributed by atoms with Gasteiger partial charge in [0.15, 0.2) is 0 Å². The number of ether oxygens (including phenoxy) is 3. The fourth-order valence-electron chi connectivity index (χ4n) is 2.84. The van der Waals surface area contributed by atoms with Gasteiger partial charge < -0.3 is 14.2 Å². The third kappa shape index (κ3) is 4.84. The summed E-state index contributed by atoms with van der Waals surface area (Å²) < 4.78 is 55.7. The smallest absolute Gasteiger partial charge is 0.338 e. The van der Waals surface area contributed by atoms with E-state index in [-0.39, 0.29) is 38.5 Å². The molecule has 30 heavy (non-hydrogen) atoms. The molecule has 2 aromatic rings. The number of nitrogens with zero attached hydrogens (tertiary/aromatic N) is 1. The van der Waals surface area contributed by atoms with Gasteiger partial charge in [0.05, 0.1) is 31.5 Å². The Morgan fingerprint density at radius 2 is 1.67 bits per heavy atom. The van der Waals surface area contributed by atoms with E-state index in [1.165, 1.54) is 19.2 Å². The summed E-state index contributed by atoms with van der Waals surface area (Å²) in [7, 11) is -2.83. The van der Waals surface area contributed by atoms with E-state index >= 15 is 0 Å². The first-order valence-electron chi connectivity index (χ1n) is 9.05. The lowest BCUT2D eigenvalue weighted by atomic mass is 10.1. The normalized spacial score (nSPS) is 14.9. The zero-order valence-corrected chi connectivity index (χ0v) is 17.0. The first kappa shape index (κ1) is 21.9. The van der Waals surface area contributed by atoms with Crippen LogP contribution in [0.1, 0.15) is 26.3 Å². The number of rotatable bonds is 6. The highest BCUT2D eigenvalue weighted by atomic mass is 32.2. The Labute approximate surface area is 173 Å². The standard InChI is InChI=1S/C20H20FNO7S/c1-27-19(23)15-4-2-14(3-5-15)13-29-20(24)16-6-7-17(21)18(12-16)30(25,26)22-8-10-28-11-9-22/h2-7,12H,8-11,13H2,1H3. The summed E-state index contributed by atoms with van der Waals surface area (Å²) in [4.78, 5) is 23.2. The number of methoxy groups -OCH3 is 1. The lowest BCUT2D eigenvalue weighted by molar-refractivity contribution is 0.0471. The first-order valence-corrected chi connectivity index (χ1v) is 10.5. The van der Waals surface area contributed by atoms with Crippen LogP contribution in [0.15, 0.2) is 47.4 Å². The molecule has 0 aliphatic carbocycles. The number of benzene rings is 2. The predicted molar refractivity (Wildman–Crippen MR) is 103 cm³/mol. The van der Waals surface area contributed by atoms with Gasteiger partial charge in [0.25, 0.3) is 0 Å². The van der Waals surface area contributed by atoms with Crippen molar-refractivity contribution in [1.29, 1.82) is 0 Å². The topological polar surface area (TPSA) is 99.2 Å². The maximum Gasteiger partial charge on any atom is 0.338 e. The van der Waals surface area contributed by atoms with Crippen LogP contribution in [0.4, 0.5) is 4.39 Å². The molecule has 3 rings (SSSR count). The van der Waals surface area contributed by atoms with Crippen molar-refractivity contribution in [3.05, 3.63) is 65.0 Å². The molecular weight excluding hydrogens is 417 g/mol. The SMILES string of the molecule is COC(=O)c1ccc(COC(=O)c2ccc(F)c(S(=O)(=O)N3CCOCC3)c2)cc1. The average Bonchev–Trinajstić information content (AvgIpc) is 2.78. The molecule has 10 heteroatoms. The summed E-state index contributed by atoms with van der Waals surface area (Å²) in [6, 6.07) is 9.31. The quantitative estimate of drug-likeness (QED) is 0.637. The fourth-order valence-corrected chi connectivity index (χ4v) is 4.34. The van der Waals surface area contributed by atoms with E-state index in [9.17, 15) is 22.4 Å². The van der Waals surface area contributed by atoms with E-state index in [1.54, 1.807) is 12.1 Å². The number of carbonyl (C=O) groups is 2. The second-order valence-corrected chi connectivity index (χ2v) is 8.33. The Hall–Kier alpha value is -2.82. The Kier molecular flexibility index (Phi) is 6.80. The molecule has 0 bridgehead atoms. The molecule has 0 amide bonds. The first-order chi connectivity index (χ1) is 14.3. The van der Waals surface area contributed by atoms with Crippen LogP contribution >= 0.6 is 0 Å². The Balaban J connectivity index is 1.72. The van der Waals surface area contributed by atoms with Crippen LogP contribution in [0.5, 0.6) is 0 Å². The number of hydrogen-bond acceptors (Lipinski definition) is 7. The van der Waals surface area contributed by atoms with Gasteiger partial charge in [0, 0.05) is 13.1 Å². The Morgan fingerprint density at radius 1 is 1.03 bits per heavy atom. The predicted octanol–water partition coefficient (Wildman–Crippen LogP) is 1.99. The molecule has 0 atom stereocenters. The molecule has 1 fully saturated rings. The summed E-state index contributed by atoms with van der Waals surface area (Å²) >= 11 is 0. The van der Waals surface area contributed by atoms with E-state index in [4.69, 9.17) is 9.47 Å². The highest BCUT2D eigenvalue weighted by Gasteiger charge is 2.30. The van der Waals surface area contributed by atoms with Gasteiger partial charge in [-0.1, -0.05) is 12.1 Å². The summed E-state index contributed by atoms with van der Waals surface area (Å²) in [5.41, 5.74) is 0.873. The van der Waals surface area contributed by atoms with Crippen LogP contribution in [-0.4, -0.2) is 58.1 Å². The van der Waals surface area contributed by atoms with Crippen molar-refractivity contribution in [2.45, 2.75) is 11.5 Å². The third-order valence-electron chi connectivity index (χ3n) is 4.50. The van der Waals surface area contributed by atoms with Crippen molar-refractivity contribution in [3.63, 3.8) is 0 Å². The van der Waals surface area contributed by atoms with Crippen molar-refractivity contribution in [2.75, 3.05) is 33.4 Å². The van der Waals surface area contributed by atoms with Crippen molar-refractivity contribution in [3.8, 4) is 0 Å². The number of hydrogen-bond donors (Lipinski definition) is 0. The number of halogens is 1. The maximum absolute atomic E-state index is 14.2. The Bertz CT molecular complexity index is 1030. The zero-order chi connectivity index (χ0) is 21.7. The van der Waals surface area contributed by atoms with Gasteiger partial charge >= 0.3 is 11.9 Å². The molecule has 0 N–H and O–H groups in total. The Morgan fingerprint density at radius 3 is 2.30 bits per heavy atom. The second kappa shape index (κ2) is 9.33. The zero-order valence-electron chi connectivity index (χ0n) is 16.2. The van der Waals surface area contributed by atoms with Crippen molar-refractivity contribution in [2.24, 2.45) is 0 Å². The fraction of sp³-hybridized carbons (Fsp3) is 0.300. The van der Waals surface area contributed by atoms with Gasteiger partial charge in [-0.3, -0.25) is 0 Å². The number of carbonyl (C=O) groups excluding carboxylic acids is 2. The average molecular weight is 437 g/mol. The maximum atomic E-state index is 14.2. The van der Waals surface area contributed by atoms with Gasteiger partial charge in [-0.05, 0) is 35.9 Å². The molecule has 0 unspecified atom stereocenters. The van der Waals surface area contributed by atoms with Gasteiger partial charge in [0.2, 0.25) is 10.0 Å². The summed E-state index contributed by atoms with van der Waals surface area (Å²) in [5, 5.41) is 0. The highest BCUT2D eigenvalue weighted by molar-refractivity contribution is 7.89. The number of esters is 2. The summed E-state index contributed by atoms with van der Waals surface area (Å²) in [6.45, 7) is 0.550. The minimum Gasteiger partial charge on any atom is -0.465 e. The number of morpholine rings is 1. The van der Waals surface area contributed by atoms with Crippen molar-refractivity contribution < 1.29 is 36.6 Å². The molecular formula is C20H20FNO7S. The van der Waals surface area contributed by atoms with Crippen LogP contribution in [0, 0.1) is 5.82 Å². The largest absolute Gasteiger partial charge is 0.465 e. The van der Waals surface area contributed by atoms with Crippen LogP contribution in [0.2, 0.25) is 0 Å². The van der Waals surface area contributed by atoms with Crippen LogP contribution in [-0.2, 0) is 30.8 Å². The van der Waals surface area contributed by atoms with Crippen LogP contribution < -0.4 is 0 Å². The van der Waals surface area contributed by atoms with Crippen LogP contribution in [0.25, 0.3) is 0 Å². The molecule has 1 saturated heterocycles. The molecule has 2 aromatic carbocycles. The third-order valence-corrected chi connectivity index (χ3v) is 6.41. The lowest BCUT2D eigenvalue weighted by Crippen LogP contribution is -2.41.